The molecule has 3 heterocycles. The van der Waals surface area contributed by atoms with Crippen LogP contribution in [0.2, 0.25) is 0 Å². The summed E-state index contributed by atoms with van der Waals surface area (Å²) in [5.74, 6) is 0.345. The fourth-order valence-electron chi connectivity index (χ4n) is 4.21. The first-order chi connectivity index (χ1) is 15.4. The van der Waals surface area contributed by atoms with Crippen LogP contribution in [-0.4, -0.2) is 59.9 Å². The summed E-state index contributed by atoms with van der Waals surface area (Å²) in [6.07, 6.45) is 2.00. The summed E-state index contributed by atoms with van der Waals surface area (Å²) in [6.45, 7) is 6.94. The van der Waals surface area contributed by atoms with Crippen LogP contribution >= 0.6 is 0 Å². The average Bonchev–Trinajstić information content (AvgIpc) is 2.76. The third kappa shape index (κ3) is 5.26. The molecule has 0 unspecified atom stereocenters. The van der Waals surface area contributed by atoms with Crippen molar-refractivity contribution in [2.45, 2.75) is 51.8 Å². The van der Waals surface area contributed by atoms with Crippen molar-refractivity contribution in [2.75, 3.05) is 43.1 Å². The van der Waals surface area contributed by atoms with Crippen molar-refractivity contribution in [1.29, 1.82) is 0 Å². The second-order valence-electron chi connectivity index (χ2n) is 8.68. The molecule has 0 spiro atoms. The molecule has 1 saturated heterocycles. The van der Waals surface area contributed by atoms with Gasteiger partial charge >= 0.3 is 0 Å². The first-order valence-electron chi connectivity index (χ1n) is 11.2. The summed E-state index contributed by atoms with van der Waals surface area (Å²) in [5.41, 5.74) is 1.87. The lowest BCUT2D eigenvalue weighted by molar-refractivity contribution is 0.163. The van der Waals surface area contributed by atoms with Crippen LogP contribution < -0.4 is 15.0 Å². The van der Waals surface area contributed by atoms with Crippen LogP contribution in [0.4, 0.5) is 24.8 Å². The molecule has 9 heteroatoms. The Kier molecular flexibility index (Phi) is 7.03. The number of benzene rings is 1. The highest BCUT2D eigenvalue weighted by Gasteiger charge is 2.28. The fraction of sp³-hybridized carbons (Fsp3) is 0.565. The standard InChI is InChI=1S/C23H30F3N5O/c1-15(2)27-22-23(29-19-7-9-30(12-8-24)14-20(19)28-22)31-10-5-17(6-11-31)32-21-4-3-16(25)13-18(21)26/h3-4,13,15,17H,5-12,14H2,1-2H3,(H,27,28). The second-order valence-corrected chi connectivity index (χ2v) is 8.68. The molecule has 0 bridgehead atoms. The third-order valence-electron chi connectivity index (χ3n) is 5.83. The molecule has 0 saturated carbocycles. The third-order valence-corrected chi connectivity index (χ3v) is 5.83. The maximum absolute atomic E-state index is 13.9. The quantitative estimate of drug-likeness (QED) is 0.691. The molecular weight excluding hydrogens is 419 g/mol. The predicted molar refractivity (Wildman–Crippen MR) is 118 cm³/mol. The maximum atomic E-state index is 13.9. The molecule has 174 valence electrons. The molecule has 1 fully saturated rings. The lowest BCUT2D eigenvalue weighted by Gasteiger charge is -2.35. The fourth-order valence-corrected chi connectivity index (χ4v) is 4.21. The van der Waals surface area contributed by atoms with E-state index in [1.54, 1.807) is 0 Å². The Morgan fingerprint density at radius 2 is 1.91 bits per heavy atom. The molecule has 0 aliphatic carbocycles. The van der Waals surface area contributed by atoms with E-state index in [2.05, 4.69) is 29.0 Å². The van der Waals surface area contributed by atoms with Gasteiger partial charge in [-0.05, 0) is 26.0 Å². The Morgan fingerprint density at radius 3 is 2.59 bits per heavy atom. The summed E-state index contributed by atoms with van der Waals surface area (Å²) in [4.78, 5) is 14.1. The number of ether oxygens (including phenoxy) is 1. The van der Waals surface area contributed by atoms with Gasteiger partial charge in [-0.3, -0.25) is 4.90 Å². The molecule has 0 radical (unpaired) electrons. The average molecular weight is 450 g/mol. The first-order valence-corrected chi connectivity index (χ1v) is 11.2. The zero-order chi connectivity index (χ0) is 22.7. The number of piperidine rings is 1. The zero-order valence-electron chi connectivity index (χ0n) is 18.6. The number of nitrogens with zero attached hydrogens (tertiary/aromatic N) is 4. The van der Waals surface area contributed by atoms with E-state index in [0.29, 0.717) is 39.0 Å². The van der Waals surface area contributed by atoms with Crippen molar-refractivity contribution in [3.05, 3.63) is 41.2 Å². The van der Waals surface area contributed by atoms with Gasteiger partial charge < -0.3 is 15.0 Å². The van der Waals surface area contributed by atoms with E-state index in [0.717, 1.165) is 42.1 Å². The van der Waals surface area contributed by atoms with Crippen molar-refractivity contribution < 1.29 is 17.9 Å². The minimum absolute atomic E-state index is 0.0819. The Morgan fingerprint density at radius 1 is 1.12 bits per heavy atom. The summed E-state index contributed by atoms with van der Waals surface area (Å²) >= 11 is 0. The van der Waals surface area contributed by atoms with Crippen LogP contribution in [0, 0.1) is 11.6 Å². The zero-order valence-corrected chi connectivity index (χ0v) is 18.6. The van der Waals surface area contributed by atoms with E-state index >= 15 is 0 Å². The topological polar surface area (TPSA) is 53.5 Å². The molecule has 32 heavy (non-hydrogen) atoms. The van der Waals surface area contributed by atoms with E-state index in [9.17, 15) is 13.2 Å². The summed E-state index contributed by atoms with van der Waals surface area (Å²) in [7, 11) is 0. The van der Waals surface area contributed by atoms with E-state index in [1.807, 2.05) is 0 Å². The van der Waals surface area contributed by atoms with Crippen LogP contribution in [0.3, 0.4) is 0 Å². The summed E-state index contributed by atoms with van der Waals surface area (Å²) < 4.78 is 45.6. The number of anilines is 2. The largest absolute Gasteiger partial charge is 0.487 e. The van der Waals surface area contributed by atoms with Gasteiger partial charge in [0.15, 0.2) is 23.2 Å². The normalized spacial score (nSPS) is 17.5. The molecule has 2 aromatic rings. The molecule has 0 amide bonds. The van der Waals surface area contributed by atoms with Crippen molar-refractivity contribution in [2.24, 2.45) is 0 Å². The molecule has 0 atom stereocenters. The van der Waals surface area contributed by atoms with Gasteiger partial charge in [-0.1, -0.05) is 0 Å². The summed E-state index contributed by atoms with van der Waals surface area (Å²) in [6, 6.07) is 3.57. The molecule has 1 aromatic carbocycles. The van der Waals surface area contributed by atoms with Crippen LogP contribution in [0.15, 0.2) is 18.2 Å². The number of halogens is 3. The van der Waals surface area contributed by atoms with E-state index in [1.165, 1.54) is 12.1 Å². The molecular formula is C23H30F3N5O. The number of aromatic nitrogens is 2. The van der Waals surface area contributed by atoms with Crippen molar-refractivity contribution in [1.82, 2.24) is 14.9 Å². The number of hydrogen-bond acceptors (Lipinski definition) is 6. The van der Waals surface area contributed by atoms with Gasteiger partial charge in [-0.2, -0.15) is 0 Å². The Balaban J connectivity index is 1.47. The smallest absolute Gasteiger partial charge is 0.172 e. The Labute approximate surface area is 186 Å². The lowest BCUT2D eigenvalue weighted by atomic mass is 10.1. The van der Waals surface area contributed by atoms with Gasteiger partial charge in [0.1, 0.15) is 18.6 Å². The van der Waals surface area contributed by atoms with Gasteiger partial charge in [0.05, 0.1) is 11.4 Å². The van der Waals surface area contributed by atoms with Gasteiger partial charge in [0.25, 0.3) is 0 Å². The van der Waals surface area contributed by atoms with E-state index < -0.39 is 11.6 Å². The molecule has 2 aliphatic heterocycles. The molecule has 4 rings (SSSR count). The lowest BCUT2D eigenvalue weighted by Crippen LogP contribution is -2.40. The Bertz CT molecular complexity index is 934. The number of alkyl halides is 1. The van der Waals surface area contributed by atoms with Crippen molar-refractivity contribution in [3.8, 4) is 5.75 Å². The molecule has 2 aliphatic rings. The number of hydrogen-bond donors (Lipinski definition) is 1. The van der Waals surface area contributed by atoms with Crippen molar-refractivity contribution in [3.63, 3.8) is 0 Å². The van der Waals surface area contributed by atoms with E-state index in [4.69, 9.17) is 14.7 Å². The minimum Gasteiger partial charge on any atom is -0.487 e. The van der Waals surface area contributed by atoms with Gasteiger partial charge in [0, 0.05) is 64.1 Å². The van der Waals surface area contributed by atoms with Crippen LogP contribution in [0.25, 0.3) is 0 Å². The number of nitrogens with one attached hydrogen (secondary N) is 1. The maximum Gasteiger partial charge on any atom is 0.172 e. The van der Waals surface area contributed by atoms with Crippen LogP contribution in [0.1, 0.15) is 38.1 Å². The summed E-state index contributed by atoms with van der Waals surface area (Å²) in [5, 5.41) is 3.41. The highest BCUT2D eigenvalue weighted by Crippen LogP contribution is 2.30. The monoisotopic (exact) mass is 449 g/mol. The van der Waals surface area contributed by atoms with Crippen molar-refractivity contribution >= 4 is 11.6 Å². The minimum atomic E-state index is -0.682. The van der Waals surface area contributed by atoms with Crippen LogP contribution in [0.5, 0.6) is 5.75 Å². The second kappa shape index (κ2) is 9.94. The van der Waals surface area contributed by atoms with Gasteiger partial charge in [-0.15, -0.1) is 0 Å². The highest BCUT2D eigenvalue weighted by molar-refractivity contribution is 5.62. The Hall–Kier alpha value is -2.55. The number of rotatable bonds is 7. The SMILES string of the molecule is CC(C)Nc1nc2c(nc1N1CCC(Oc3ccc(F)cc3F)CC1)CCN(CCF)C2. The van der Waals surface area contributed by atoms with Crippen LogP contribution in [-0.2, 0) is 13.0 Å². The molecule has 1 aromatic heterocycles. The van der Waals surface area contributed by atoms with E-state index in [-0.39, 0.29) is 24.6 Å². The first kappa shape index (κ1) is 22.6. The highest BCUT2D eigenvalue weighted by atomic mass is 19.1. The predicted octanol–water partition coefficient (Wildman–Crippen LogP) is 3.95. The van der Waals surface area contributed by atoms with Gasteiger partial charge in [-0.25, -0.2) is 23.1 Å². The van der Waals surface area contributed by atoms with Gasteiger partial charge in [0.2, 0.25) is 0 Å². The molecule has 1 N–H and O–H groups in total. The number of fused-ring (bicyclic) bond motifs is 1. The molecule has 6 nitrogen and oxygen atoms in total.